The lowest BCUT2D eigenvalue weighted by Crippen LogP contribution is -2.67. The first-order chi connectivity index (χ1) is 29.8. The zero-order valence-electron chi connectivity index (χ0n) is 35.5. The summed E-state index contributed by atoms with van der Waals surface area (Å²) in [6, 6.07) is 1.32. The van der Waals surface area contributed by atoms with E-state index in [1.807, 2.05) is 0 Å². The Bertz CT molecular complexity index is 1840. The van der Waals surface area contributed by atoms with Crippen molar-refractivity contribution in [2.75, 3.05) is 52.8 Å². The number of aliphatic hydroxyl groups excluding tert-OH is 3. The van der Waals surface area contributed by atoms with E-state index in [4.69, 9.17) is 23.7 Å². The first-order valence-electron chi connectivity index (χ1n) is 21.7. The number of amides is 3. The molecule has 0 radical (unpaired) electrons. The Kier molecular flexibility index (Phi) is 16.8. The number of carbonyl (C=O) groups is 4. The zero-order chi connectivity index (χ0) is 44.2. The third-order valence-electron chi connectivity index (χ3n) is 12.0. The lowest BCUT2D eigenvalue weighted by Gasteiger charge is -2.47. The van der Waals surface area contributed by atoms with Crippen LogP contribution < -0.4 is 20.7 Å². The SMILES string of the molecule is Cc1cc2cc(C)c1OCCOC[C@@H](NC(=O)C1CCCOC1)COC/C=C/C[C@]1(C(=O)O)C[C@H](O)C(NC(=O)Cn3cc(C4CCCCC4)nn3)[C@@H](O1)[C@H](O)[C@H](O)CNC2=O. The molecule has 19 nitrogen and oxygen atoms in total. The van der Waals surface area contributed by atoms with Crippen LogP contribution in [0.5, 0.6) is 5.75 Å². The monoisotopic (exact) mass is 870 g/mol. The van der Waals surface area contributed by atoms with Crippen molar-refractivity contribution in [3.8, 4) is 5.75 Å². The van der Waals surface area contributed by atoms with Gasteiger partial charge in [-0.3, -0.25) is 14.4 Å². The molecule has 1 aromatic heterocycles. The lowest BCUT2D eigenvalue weighted by atomic mass is 9.81. The van der Waals surface area contributed by atoms with Crippen molar-refractivity contribution in [1.29, 1.82) is 0 Å². The Balaban J connectivity index is 1.20. The molecule has 2 saturated heterocycles. The van der Waals surface area contributed by atoms with Gasteiger partial charge in [0.05, 0.1) is 68.9 Å². The molecule has 3 amide bonds. The first-order valence-corrected chi connectivity index (χ1v) is 21.7. The molecule has 1 aliphatic carbocycles. The second-order valence-corrected chi connectivity index (χ2v) is 16.9. The molecular formula is C43H62N6O13. The van der Waals surface area contributed by atoms with Crippen molar-refractivity contribution in [1.82, 2.24) is 30.9 Å². The summed E-state index contributed by atoms with van der Waals surface area (Å²) in [5.74, 6) is -2.30. The van der Waals surface area contributed by atoms with Crippen LogP contribution >= 0.6 is 0 Å². The highest BCUT2D eigenvalue weighted by Crippen LogP contribution is 2.36. The molecule has 0 spiro atoms. The largest absolute Gasteiger partial charge is 0.491 e. The second kappa shape index (κ2) is 22.2. The number of carboxylic acid groups (broad SMARTS) is 1. The lowest BCUT2D eigenvalue weighted by molar-refractivity contribution is -0.226. The average Bonchev–Trinajstić information content (AvgIpc) is 3.73. The number of ether oxygens (including phenoxy) is 5. The number of aromatic nitrogens is 3. The van der Waals surface area contributed by atoms with Crippen LogP contribution in [-0.4, -0.2) is 154 Å². The standard InChI is InChI=1S/C43H62N6O13/c1-26-17-30-18-27(2)38(26)61-16-15-60-25-31(45-41(55)29-11-8-14-58-23-29)24-59-13-7-6-12-43(42(56)57)19-33(50)36(39(62-43)37(53)34(51)20-44-40(30)54)46-35(52)22-49-21-32(47-48-49)28-9-4-3-5-10-28/h6-7,17-18,21,28-29,31,33-34,36-37,39,50-51,53H,3-5,8-16,19-20,22-25H2,1-2H3,(H,44,54)(H,45,55)(H,46,52)(H,56,57)/b7-6+/t29?,31-,33-,34+,36?,37+,39+,43+/m0/s1. The van der Waals surface area contributed by atoms with Gasteiger partial charge in [0.15, 0.2) is 5.60 Å². The topological polar surface area (TPSA) is 262 Å². The number of aliphatic hydroxyl groups is 3. The number of nitrogens with one attached hydrogen (secondary N) is 3. The van der Waals surface area contributed by atoms with Gasteiger partial charge in [0, 0.05) is 43.7 Å². The van der Waals surface area contributed by atoms with Gasteiger partial charge in [-0.2, -0.15) is 0 Å². The van der Waals surface area contributed by atoms with Gasteiger partial charge in [0.1, 0.15) is 31.1 Å². The van der Waals surface area contributed by atoms with Crippen molar-refractivity contribution >= 4 is 23.7 Å². The minimum absolute atomic E-state index is 0.0166. The van der Waals surface area contributed by atoms with E-state index in [1.165, 1.54) is 17.2 Å². The Morgan fingerprint density at radius 2 is 1.65 bits per heavy atom. The molecule has 2 aromatic rings. The third kappa shape index (κ3) is 12.4. The maximum absolute atomic E-state index is 13.5. The quantitative estimate of drug-likeness (QED) is 0.190. The van der Waals surface area contributed by atoms with E-state index in [0.29, 0.717) is 36.5 Å². The number of rotatable bonds is 7. The Labute approximate surface area is 360 Å². The van der Waals surface area contributed by atoms with E-state index in [9.17, 15) is 39.6 Å². The minimum Gasteiger partial charge on any atom is -0.491 e. The van der Waals surface area contributed by atoms with Crippen LogP contribution in [0.15, 0.2) is 30.5 Å². The number of fused-ring (bicyclic) bond motifs is 16. The van der Waals surface area contributed by atoms with Gasteiger partial charge in [0.25, 0.3) is 5.91 Å². The van der Waals surface area contributed by atoms with Crippen molar-refractivity contribution in [3.63, 3.8) is 0 Å². The summed E-state index contributed by atoms with van der Waals surface area (Å²) >= 11 is 0. The Hall–Kier alpha value is -4.50. The van der Waals surface area contributed by atoms with Crippen molar-refractivity contribution in [2.24, 2.45) is 5.92 Å². The van der Waals surface area contributed by atoms with Gasteiger partial charge in [-0.05, 0) is 62.8 Å². The highest BCUT2D eigenvalue weighted by atomic mass is 16.6. The Morgan fingerprint density at radius 1 is 0.903 bits per heavy atom. The maximum Gasteiger partial charge on any atom is 0.336 e. The summed E-state index contributed by atoms with van der Waals surface area (Å²) < 4.78 is 30.8. The molecule has 1 aromatic carbocycles. The smallest absolute Gasteiger partial charge is 0.336 e. The molecule has 7 N–H and O–H groups in total. The summed E-state index contributed by atoms with van der Waals surface area (Å²) in [6.07, 6.45) is 3.96. The van der Waals surface area contributed by atoms with Gasteiger partial charge >= 0.3 is 5.97 Å². The molecule has 62 heavy (non-hydrogen) atoms. The molecule has 4 bridgehead atoms. The number of aliphatic carboxylic acids is 1. The van der Waals surface area contributed by atoms with E-state index >= 15 is 0 Å². The second-order valence-electron chi connectivity index (χ2n) is 16.9. The number of benzene rings is 1. The van der Waals surface area contributed by atoms with Crippen molar-refractivity contribution in [2.45, 2.75) is 126 Å². The number of carboxylic acids is 1. The normalized spacial score (nSPS) is 30.5. The number of hydrogen-bond acceptors (Lipinski definition) is 14. The molecule has 5 heterocycles. The van der Waals surface area contributed by atoms with Crippen LogP contribution in [0.3, 0.4) is 0 Å². The molecule has 7 rings (SSSR count). The Morgan fingerprint density at radius 3 is 2.37 bits per heavy atom. The van der Waals surface area contributed by atoms with Crippen molar-refractivity contribution in [3.05, 3.63) is 52.9 Å². The predicted octanol–water partition coefficient (Wildman–Crippen LogP) is 0.836. The minimum atomic E-state index is -2.11. The summed E-state index contributed by atoms with van der Waals surface area (Å²) in [5.41, 5.74) is 0.265. The number of carbonyl (C=O) groups excluding carboxylic acids is 3. The zero-order valence-corrected chi connectivity index (χ0v) is 35.5. The summed E-state index contributed by atoms with van der Waals surface area (Å²) in [5, 5.41) is 61.7. The maximum atomic E-state index is 13.5. The van der Waals surface area contributed by atoms with Gasteiger partial charge in [-0.25, -0.2) is 9.48 Å². The van der Waals surface area contributed by atoms with Gasteiger partial charge in [-0.15, -0.1) is 5.10 Å². The molecular weight excluding hydrogens is 809 g/mol. The fourth-order valence-electron chi connectivity index (χ4n) is 8.63. The van der Waals surface area contributed by atoms with Crippen LogP contribution in [-0.2, 0) is 39.9 Å². The van der Waals surface area contributed by atoms with E-state index in [0.717, 1.165) is 37.8 Å². The van der Waals surface area contributed by atoms with E-state index in [-0.39, 0.29) is 69.3 Å². The number of hydrogen-bond donors (Lipinski definition) is 7. The number of nitrogens with zero attached hydrogens (tertiary/aromatic N) is 3. The molecule has 1 saturated carbocycles. The van der Waals surface area contributed by atoms with Gasteiger partial charge < -0.3 is 60.1 Å². The summed E-state index contributed by atoms with van der Waals surface area (Å²) in [7, 11) is 0. The summed E-state index contributed by atoms with van der Waals surface area (Å²) in [6.45, 7) is 4.30. The molecule has 2 unspecified atom stereocenters. The highest BCUT2D eigenvalue weighted by Gasteiger charge is 2.54. The van der Waals surface area contributed by atoms with E-state index < -0.39 is 72.8 Å². The molecule has 8 atom stereocenters. The highest BCUT2D eigenvalue weighted by molar-refractivity contribution is 5.95. The molecule has 4 aliphatic heterocycles. The fraction of sp³-hybridized carbons (Fsp3) is 0.674. The third-order valence-corrected chi connectivity index (χ3v) is 12.0. The molecule has 3 fully saturated rings. The number of aryl methyl sites for hydroxylation is 2. The predicted molar refractivity (Wildman–Crippen MR) is 220 cm³/mol. The molecule has 19 heteroatoms. The van der Waals surface area contributed by atoms with E-state index in [2.05, 4.69) is 26.3 Å². The van der Waals surface area contributed by atoms with Crippen LogP contribution in [0.1, 0.15) is 90.9 Å². The summed E-state index contributed by atoms with van der Waals surface area (Å²) in [4.78, 5) is 52.9. The van der Waals surface area contributed by atoms with Crippen LogP contribution in [0, 0.1) is 19.8 Å². The van der Waals surface area contributed by atoms with Gasteiger partial charge in [0.2, 0.25) is 11.8 Å². The van der Waals surface area contributed by atoms with Gasteiger partial charge in [-0.1, -0.05) is 36.6 Å². The van der Waals surface area contributed by atoms with Crippen LogP contribution in [0.4, 0.5) is 0 Å². The molecule has 5 aliphatic rings. The van der Waals surface area contributed by atoms with Crippen LogP contribution in [0.2, 0.25) is 0 Å². The van der Waals surface area contributed by atoms with E-state index in [1.54, 1.807) is 38.3 Å². The average molecular weight is 871 g/mol. The fourth-order valence-corrected chi connectivity index (χ4v) is 8.63. The van der Waals surface area contributed by atoms with Crippen LogP contribution in [0.25, 0.3) is 0 Å². The first kappa shape index (κ1) is 47.0. The van der Waals surface area contributed by atoms with Crippen molar-refractivity contribution < 1.29 is 63.3 Å². The molecule has 342 valence electrons.